The molecule has 2 aliphatic rings. The molecule has 198 valence electrons. The number of anilines is 1. The SMILES string of the molecule is CO[C@H]1CC[C@H](n2c([C@@H]3CCC(=O)N3c3ccc(F)c(Cl)c3)nc3cc(-c4c(C)noc4C)ccc32)CC1. The molecule has 3 heterocycles. The molecule has 7 nitrogen and oxygen atoms in total. The zero-order valence-corrected chi connectivity index (χ0v) is 22.5. The van der Waals surface area contributed by atoms with Crippen molar-refractivity contribution in [1.29, 1.82) is 0 Å². The zero-order chi connectivity index (χ0) is 26.6. The minimum Gasteiger partial charge on any atom is -0.381 e. The van der Waals surface area contributed by atoms with Gasteiger partial charge in [0, 0.05) is 30.8 Å². The number of amides is 1. The van der Waals surface area contributed by atoms with Crippen LogP contribution in [0.3, 0.4) is 0 Å². The zero-order valence-electron chi connectivity index (χ0n) is 21.7. The Morgan fingerprint density at radius 1 is 1.08 bits per heavy atom. The van der Waals surface area contributed by atoms with E-state index in [-0.39, 0.29) is 29.1 Å². The van der Waals surface area contributed by atoms with Gasteiger partial charge >= 0.3 is 0 Å². The number of methoxy groups -OCH3 is 1. The lowest BCUT2D eigenvalue weighted by Gasteiger charge is -2.32. The fourth-order valence-corrected chi connectivity index (χ4v) is 6.39. The fraction of sp³-hybridized carbons (Fsp3) is 0.414. The standard InChI is InChI=1S/C29H30ClFN4O3/c1-16-28(17(2)38-33-16)18-4-11-25-24(14-18)32-29(35(25)19-5-8-21(37-3)9-6-19)26-12-13-27(36)34(26)20-7-10-23(31)22(30)15-20/h4,7,10-11,14-15,19,21,26H,5-6,8-9,12-13H2,1-3H3/t19-,21-,26-/m0/s1. The number of carbonyl (C=O) groups excluding carboxylic acids is 1. The first-order valence-electron chi connectivity index (χ1n) is 13.1. The Bertz CT molecular complexity index is 1500. The van der Waals surface area contributed by atoms with Crippen molar-refractivity contribution in [3.8, 4) is 11.1 Å². The van der Waals surface area contributed by atoms with Crippen molar-refractivity contribution in [3.05, 3.63) is 64.5 Å². The van der Waals surface area contributed by atoms with E-state index < -0.39 is 5.82 Å². The average molecular weight is 537 g/mol. The minimum absolute atomic E-state index is 0.00329. The number of hydrogen-bond acceptors (Lipinski definition) is 5. The fourth-order valence-electron chi connectivity index (χ4n) is 6.21. The quantitative estimate of drug-likeness (QED) is 0.272. The van der Waals surface area contributed by atoms with Crippen molar-refractivity contribution in [2.45, 2.75) is 70.6 Å². The van der Waals surface area contributed by atoms with E-state index in [1.54, 1.807) is 18.1 Å². The van der Waals surface area contributed by atoms with Crippen molar-refractivity contribution in [1.82, 2.24) is 14.7 Å². The Labute approximate surface area is 225 Å². The van der Waals surface area contributed by atoms with E-state index in [4.69, 9.17) is 25.8 Å². The normalized spacial score (nSPS) is 22.1. The maximum absolute atomic E-state index is 13.9. The molecule has 2 fully saturated rings. The van der Waals surface area contributed by atoms with Gasteiger partial charge in [-0.1, -0.05) is 22.8 Å². The Morgan fingerprint density at radius 3 is 2.55 bits per heavy atom. The Kier molecular flexibility index (Phi) is 6.48. The topological polar surface area (TPSA) is 73.4 Å². The molecule has 1 saturated carbocycles. The predicted molar refractivity (Wildman–Crippen MR) is 144 cm³/mol. The van der Waals surface area contributed by atoms with Crippen molar-refractivity contribution in [2.24, 2.45) is 0 Å². The molecule has 6 rings (SSSR count). The molecule has 1 saturated heterocycles. The van der Waals surface area contributed by atoms with Crippen molar-refractivity contribution in [3.63, 3.8) is 0 Å². The summed E-state index contributed by atoms with van der Waals surface area (Å²) >= 11 is 6.11. The van der Waals surface area contributed by atoms with Gasteiger partial charge in [-0.3, -0.25) is 4.79 Å². The highest BCUT2D eigenvalue weighted by Gasteiger charge is 2.38. The Balaban J connectivity index is 1.49. The molecule has 2 aromatic heterocycles. The van der Waals surface area contributed by atoms with Crippen LogP contribution in [0.2, 0.25) is 5.02 Å². The van der Waals surface area contributed by atoms with Crippen LogP contribution in [0.4, 0.5) is 10.1 Å². The molecule has 1 aliphatic heterocycles. The van der Waals surface area contributed by atoms with Crippen molar-refractivity contribution < 1.29 is 18.4 Å². The number of aryl methyl sites for hydroxylation is 2. The van der Waals surface area contributed by atoms with Crippen molar-refractivity contribution >= 4 is 34.2 Å². The van der Waals surface area contributed by atoms with E-state index in [9.17, 15) is 9.18 Å². The third kappa shape index (κ3) is 4.20. The first kappa shape index (κ1) is 25.1. The van der Waals surface area contributed by atoms with E-state index in [0.29, 0.717) is 18.5 Å². The second kappa shape index (κ2) is 9.82. The van der Waals surface area contributed by atoms with Gasteiger partial charge in [-0.05, 0) is 81.8 Å². The summed E-state index contributed by atoms with van der Waals surface area (Å²) in [5.41, 5.74) is 5.29. The molecule has 0 bridgehead atoms. The summed E-state index contributed by atoms with van der Waals surface area (Å²) in [6, 6.07) is 10.7. The van der Waals surface area contributed by atoms with Crippen LogP contribution in [0.25, 0.3) is 22.2 Å². The predicted octanol–water partition coefficient (Wildman–Crippen LogP) is 7.10. The molecule has 9 heteroatoms. The number of halogens is 2. The lowest BCUT2D eigenvalue weighted by molar-refractivity contribution is -0.117. The Hall–Kier alpha value is -3.23. The molecule has 0 radical (unpaired) electrons. The van der Waals surface area contributed by atoms with Gasteiger partial charge in [0.05, 0.1) is 33.9 Å². The second-order valence-corrected chi connectivity index (χ2v) is 10.7. The Morgan fingerprint density at radius 2 is 1.87 bits per heavy atom. The molecule has 0 unspecified atom stereocenters. The molecular weight excluding hydrogens is 507 g/mol. The summed E-state index contributed by atoms with van der Waals surface area (Å²) in [6.07, 6.45) is 5.15. The average Bonchev–Trinajstić information content (AvgIpc) is 3.59. The van der Waals surface area contributed by atoms with Crippen LogP contribution in [0.15, 0.2) is 40.9 Å². The lowest BCUT2D eigenvalue weighted by Crippen LogP contribution is -2.31. The summed E-state index contributed by atoms with van der Waals surface area (Å²) in [7, 11) is 1.77. The molecule has 0 spiro atoms. The number of ether oxygens (including phenoxy) is 1. The highest BCUT2D eigenvalue weighted by molar-refractivity contribution is 6.31. The van der Waals surface area contributed by atoms with Gasteiger partial charge in [0.25, 0.3) is 0 Å². The van der Waals surface area contributed by atoms with Gasteiger partial charge in [0.1, 0.15) is 17.4 Å². The molecule has 1 aliphatic carbocycles. The number of imidazole rings is 1. The summed E-state index contributed by atoms with van der Waals surface area (Å²) in [5, 5.41) is 4.11. The minimum atomic E-state index is -0.507. The maximum Gasteiger partial charge on any atom is 0.227 e. The van der Waals surface area contributed by atoms with Gasteiger partial charge in [-0.15, -0.1) is 0 Å². The van der Waals surface area contributed by atoms with Gasteiger partial charge in [-0.25, -0.2) is 9.37 Å². The number of hydrogen-bond donors (Lipinski definition) is 0. The third-order valence-electron chi connectivity index (χ3n) is 8.07. The van der Waals surface area contributed by atoms with E-state index in [2.05, 4.69) is 27.9 Å². The maximum atomic E-state index is 13.9. The van der Waals surface area contributed by atoms with Crippen LogP contribution in [-0.2, 0) is 9.53 Å². The molecule has 38 heavy (non-hydrogen) atoms. The van der Waals surface area contributed by atoms with E-state index in [1.807, 2.05) is 13.8 Å². The van der Waals surface area contributed by atoms with Gasteiger partial charge in [0.15, 0.2) is 0 Å². The van der Waals surface area contributed by atoms with Gasteiger partial charge in [0.2, 0.25) is 5.91 Å². The number of carbonyl (C=O) groups is 1. The summed E-state index contributed by atoms with van der Waals surface area (Å²) in [6.45, 7) is 3.85. The molecule has 1 atom stereocenters. The largest absolute Gasteiger partial charge is 0.381 e. The van der Waals surface area contributed by atoms with E-state index in [0.717, 1.165) is 65.1 Å². The van der Waals surface area contributed by atoms with Gasteiger partial charge in [-0.2, -0.15) is 0 Å². The highest BCUT2D eigenvalue weighted by atomic mass is 35.5. The smallest absolute Gasteiger partial charge is 0.227 e. The van der Waals surface area contributed by atoms with Crippen LogP contribution < -0.4 is 4.90 Å². The summed E-state index contributed by atoms with van der Waals surface area (Å²) < 4.78 is 27.3. The highest BCUT2D eigenvalue weighted by Crippen LogP contribution is 2.43. The van der Waals surface area contributed by atoms with Crippen LogP contribution in [0.1, 0.15) is 67.9 Å². The van der Waals surface area contributed by atoms with E-state index in [1.165, 1.54) is 12.1 Å². The first-order valence-corrected chi connectivity index (χ1v) is 13.5. The van der Waals surface area contributed by atoms with Crippen LogP contribution in [-0.4, -0.2) is 33.8 Å². The number of benzene rings is 2. The molecule has 4 aromatic rings. The number of rotatable bonds is 5. The molecule has 2 aromatic carbocycles. The summed E-state index contributed by atoms with van der Waals surface area (Å²) in [5.74, 6) is 1.09. The summed E-state index contributed by atoms with van der Waals surface area (Å²) in [4.78, 5) is 20.0. The van der Waals surface area contributed by atoms with Crippen LogP contribution in [0.5, 0.6) is 0 Å². The van der Waals surface area contributed by atoms with E-state index >= 15 is 0 Å². The van der Waals surface area contributed by atoms with Crippen LogP contribution >= 0.6 is 11.6 Å². The second-order valence-electron chi connectivity index (χ2n) is 10.3. The van der Waals surface area contributed by atoms with Crippen molar-refractivity contribution in [2.75, 3.05) is 12.0 Å². The molecule has 0 N–H and O–H groups in total. The number of aromatic nitrogens is 3. The monoisotopic (exact) mass is 536 g/mol. The number of fused-ring (bicyclic) bond motifs is 1. The van der Waals surface area contributed by atoms with Crippen LogP contribution in [0, 0.1) is 19.7 Å². The molecular formula is C29H30ClFN4O3. The number of nitrogens with zero attached hydrogens (tertiary/aromatic N) is 4. The lowest BCUT2D eigenvalue weighted by atomic mass is 9.92. The first-order chi connectivity index (χ1) is 18.4. The van der Waals surface area contributed by atoms with Gasteiger partial charge < -0.3 is 18.7 Å². The third-order valence-corrected chi connectivity index (χ3v) is 8.36. The molecule has 1 amide bonds.